The number of carbonyl (C=O) groups excluding carboxylic acids is 1. The smallest absolute Gasteiger partial charge is 0.251 e. The van der Waals surface area contributed by atoms with Gasteiger partial charge in [0, 0.05) is 35.1 Å². The van der Waals surface area contributed by atoms with Crippen molar-refractivity contribution in [2.24, 2.45) is 0 Å². The topological polar surface area (TPSA) is 70.7 Å². The van der Waals surface area contributed by atoms with Gasteiger partial charge in [0.25, 0.3) is 5.91 Å². The van der Waals surface area contributed by atoms with Gasteiger partial charge in [0.2, 0.25) is 0 Å². The molecule has 2 heterocycles. The second-order valence-electron chi connectivity index (χ2n) is 3.75. The lowest BCUT2D eigenvalue weighted by Gasteiger charge is -1.99. The van der Waals surface area contributed by atoms with E-state index in [4.69, 9.17) is 0 Å². The number of nitrogens with one attached hydrogen (secondary N) is 2. The van der Waals surface area contributed by atoms with Crippen molar-refractivity contribution in [1.82, 2.24) is 20.3 Å². The fraction of sp³-hybridized carbons (Fsp3) is 0.0833. The van der Waals surface area contributed by atoms with Crippen molar-refractivity contribution in [3.8, 4) is 0 Å². The number of amides is 1. The number of fused-ring (bicyclic) bond motifs is 3. The average molecular weight is 226 g/mol. The number of hydrogen-bond donors (Lipinski definition) is 2. The molecule has 5 heteroatoms. The van der Waals surface area contributed by atoms with Crippen molar-refractivity contribution in [2.75, 3.05) is 7.05 Å². The summed E-state index contributed by atoms with van der Waals surface area (Å²) in [5, 5.41) is 4.49. The van der Waals surface area contributed by atoms with Crippen LogP contribution in [0.1, 0.15) is 10.4 Å². The van der Waals surface area contributed by atoms with Crippen molar-refractivity contribution in [3.63, 3.8) is 0 Å². The molecule has 0 unspecified atom stereocenters. The highest BCUT2D eigenvalue weighted by molar-refractivity contribution is 6.08. The highest BCUT2D eigenvalue weighted by atomic mass is 16.1. The molecule has 17 heavy (non-hydrogen) atoms. The number of aromatic amines is 1. The van der Waals surface area contributed by atoms with Crippen molar-refractivity contribution in [1.29, 1.82) is 0 Å². The Morgan fingerprint density at radius 2 is 2.24 bits per heavy atom. The third kappa shape index (κ3) is 1.44. The van der Waals surface area contributed by atoms with Crippen molar-refractivity contribution in [2.45, 2.75) is 0 Å². The number of nitrogens with zero attached hydrogens (tertiary/aromatic N) is 2. The van der Waals surface area contributed by atoms with Crippen LogP contribution in [0.4, 0.5) is 0 Å². The Labute approximate surface area is 96.9 Å². The van der Waals surface area contributed by atoms with Gasteiger partial charge >= 0.3 is 0 Å². The molecule has 84 valence electrons. The molecule has 5 nitrogen and oxygen atoms in total. The highest BCUT2D eigenvalue weighted by Crippen LogP contribution is 2.23. The molecule has 1 aromatic carbocycles. The van der Waals surface area contributed by atoms with Crippen LogP contribution in [0.25, 0.3) is 21.9 Å². The third-order valence-electron chi connectivity index (χ3n) is 2.76. The molecular weight excluding hydrogens is 216 g/mol. The maximum Gasteiger partial charge on any atom is 0.251 e. The molecule has 1 amide bonds. The van der Waals surface area contributed by atoms with Gasteiger partial charge in [-0.05, 0) is 18.2 Å². The van der Waals surface area contributed by atoms with E-state index >= 15 is 0 Å². The lowest BCUT2D eigenvalue weighted by atomic mass is 10.1. The van der Waals surface area contributed by atoms with Gasteiger partial charge in [-0.15, -0.1) is 0 Å². The fourth-order valence-corrected chi connectivity index (χ4v) is 1.92. The Morgan fingerprint density at radius 3 is 3.06 bits per heavy atom. The number of rotatable bonds is 1. The van der Waals surface area contributed by atoms with Crippen molar-refractivity contribution in [3.05, 3.63) is 36.3 Å². The molecule has 3 rings (SSSR count). The Morgan fingerprint density at radius 1 is 1.35 bits per heavy atom. The first-order valence-electron chi connectivity index (χ1n) is 5.23. The summed E-state index contributed by atoms with van der Waals surface area (Å²) >= 11 is 0. The van der Waals surface area contributed by atoms with Crippen molar-refractivity contribution >= 4 is 27.8 Å². The van der Waals surface area contributed by atoms with Crippen LogP contribution < -0.4 is 5.32 Å². The fourth-order valence-electron chi connectivity index (χ4n) is 1.92. The van der Waals surface area contributed by atoms with Crippen LogP contribution in [0.3, 0.4) is 0 Å². The van der Waals surface area contributed by atoms with Gasteiger partial charge < -0.3 is 10.3 Å². The van der Waals surface area contributed by atoms with Crippen LogP contribution in [0.15, 0.2) is 30.7 Å². The van der Waals surface area contributed by atoms with E-state index in [1.165, 1.54) is 6.33 Å². The van der Waals surface area contributed by atoms with E-state index in [1.807, 2.05) is 12.1 Å². The van der Waals surface area contributed by atoms with E-state index < -0.39 is 0 Å². The summed E-state index contributed by atoms with van der Waals surface area (Å²) in [6.07, 6.45) is 3.24. The average Bonchev–Trinajstić information content (AvgIpc) is 2.75. The lowest BCUT2D eigenvalue weighted by molar-refractivity contribution is 0.0963. The minimum atomic E-state index is -0.0990. The normalized spacial score (nSPS) is 10.9. The third-order valence-corrected chi connectivity index (χ3v) is 2.76. The highest BCUT2D eigenvalue weighted by Gasteiger charge is 2.08. The number of aromatic nitrogens is 3. The van der Waals surface area contributed by atoms with Crippen LogP contribution in [-0.2, 0) is 0 Å². The summed E-state index contributed by atoms with van der Waals surface area (Å²) in [5.41, 5.74) is 2.36. The molecule has 0 spiro atoms. The second-order valence-corrected chi connectivity index (χ2v) is 3.75. The maximum atomic E-state index is 11.6. The Balaban J connectivity index is 2.33. The van der Waals surface area contributed by atoms with E-state index in [9.17, 15) is 4.79 Å². The van der Waals surface area contributed by atoms with E-state index in [1.54, 1.807) is 19.3 Å². The quantitative estimate of drug-likeness (QED) is 0.660. The number of carbonyl (C=O) groups is 1. The minimum Gasteiger partial charge on any atom is -0.355 e. The van der Waals surface area contributed by atoms with Crippen LogP contribution >= 0.6 is 0 Å². The van der Waals surface area contributed by atoms with Gasteiger partial charge in [-0.25, -0.2) is 9.97 Å². The van der Waals surface area contributed by atoms with E-state index in [-0.39, 0.29) is 5.91 Å². The predicted octanol–water partition coefficient (Wildman–Crippen LogP) is 1.47. The summed E-state index contributed by atoms with van der Waals surface area (Å²) in [5.74, 6) is -0.0990. The van der Waals surface area contributed by atoms with E-state index in [0.717, 1.165) is 21.9 Å². The molecule has 0 saturated carbocycles. The molecule has 0 aliphatic carbocycles. The lowest BCUT2D eigenvalue weighted by Crippen LogP contribution is -2.17. The molecule has 0 fully saturated rings. The molecule has 3 aromatic rings. The van der Waals surface area contributed by atoms with Crippen LogP contribution in [0.2, 0.25) is 0 Å². The van der Waals surface area contributed by atoms with Gasteiger partial charge in [-0.1, -0.05) is 0 Å². The van der Waals surface area contributed by atoms with Gasteiger partial charge in [0.15, 0.2) is 0 Å². The molecular formula is C12H10N4O. The van der Waals surface area contributed by atoms with E-state index in [2.05, 4.69) is 20.3 Å². The van der Waals surface area contributed by atoms with Crippen LogP contribution in [0, 0.1) is 0 Å². The summed E-state index contributed by atoms with van der Waals surface area (Å²) in [4.78, 5) is 22.9. The molecule has 0 aliphatic heterocycles. The zero-order valence-corrected chi connectivity index (χ0v) is 9.19. The second kappa shape index (κ2) is 3.55. The summed E-state index contributed by atoms with van der Waals surface area (Å²) in [7, 11) is 1.62. The Hall–Kier alpha value is -2.43. The first-order valence-corrected chi connectivity index (χ1v) is 5.23. The SMILES string of the molecule is CNC(=O)c1ccc2[nH]c3ncncc3c2c1. The first-order chi connectivity index (χ1) is 8.29. The molecule has 0 saturated heterocycles. The maximum absolute atomic E-state index is 11.6. The first kappa shape index (κ1) is 9.77. The number of hydrogen-bond acceptors (Lipinski definition) is 3. The number of benzene rings is 1. The summed E-state index contributed by atoms with van der Waals surface area (Å²) < 4.78 is 0. The zero-order valence-electron chi connectivity index (χ0n) is 9.19. The molecule has 2 N–H and O–H groups in total. The molecule has 2 aromatic heterocycles. The monoisotopic (exact) mass is 226 g/mol. The van der Waals surface area contributed by atoms with E-state index in [0.29, 0.717) is 5.56 Å². The molecule has 0 bridgehead atoms. The standard InChI is InChI=1S/C12H10N4O/c1-13-12(17)7-2-3-10-8(4-7)9-5-14-6-15-11(9)16-10/h2-6H,1H3,(H,13,17)(H,14,15,16). The van der Waals surface area contributed by atoms with Gasteiger partial charge in [-0.2, -0.15) is 0 Å². The van der Waals surface area contributed by atoms with Crippen LogP contribution in [-0.4, -0.2) is 27.9 Å². The van der Waals surface area contributed by atoms with Gasteiger partial charge in [-0.3, -0.25) is 4.79 Å². The van der Waals surface area contributed by atoms with Crippen molar-refractivity contribution < 1.29 is 4.79 Å². The zero-order chi connectivity index (χ0) is 11.8. The molecule has 0 atom stereocenters. The minimum absolute atomic E-state index is 0.0990. The molecule has 0 radical (unpaired) electrons. The van der Waals surface area contributed by atoms with Gasteiger partial charge in [0.05, 0.1) is 0 Å². The predicted molar refractivity (Wildman–Crippen MR) is 64.8 cm³/mol. The van der Waals surface area contributed by atoms with Gasteiger partial charge in [0.1, 0.15) is 12.0 Å². The summed E-state index contributed by atoms with van der Waals surface area (Å²) in [6, 6.07) is 5.50. The summed E-state index contributed by atoms with van der Waals surface area (Å²) in [6.45, 7) is 0. The Bertz CT molecular complexity index is 717. The largest absolute Gasteiger partial charge is 0.355 e. The molecule has 0 aliphatic rings. The number of H-pyrrole nitrogens is 1. The Kier molecular flexibility index (Phi) is 2.04. The van der Waals surface area contributed by atoms with Crippen LogP contribution in [0.5, 0.6) is 0 Å².